The molecule has 1 aromatic carbocycles. The molecule has 4 heteroatoms. The largest absolute Gasteiger partial charge is 0.496 e. The van der Waals surface area contributed by atoms with Gasteiger partial charge in [-0.25, -0.2) is 4.79 Å². The monoisotopic (exact) mass is 300 g/mol. The van der Waals surface area contributed by atoms with E-state index in [1.54, 1.807) is 12.1 Å². The van der Waals surface area contributed by atoms with Gasteiger partial charge in [0.25, 0.3) is 0 Å². The molecule has 0 aromatic heterocycles. The van der Waals surface area contributed by atoms with Gasteiger partial charge in [-0.15, -0.1) is 0 Å². The summed E-state index contributed by atoms with van der Waals surface area (Å²) >= 11 is 3.36. The van der Waals surface area contributed by atoms with Crippen LogP contribution in [-0.4, -0.2) is 18.7 Å². The third-order valence-electron chi connectivity index (χ3n) is 2.04. The minimum atomic E-state index is -0.507. The maximum atomic E-state index is 12.0. The number of rotatable bonds is 3. The Labute approximate surface area is 110 Å². The molecule has 0 heterocycles. The summed E-state index contributed by atoms with van der Waals surface area (Å²) in [5, 5.41) is 0.687. The van der Waals surface area contributed by atoms with Crippen LogP contribution >= 0.6 is 15.9 Å². The first kappa shape index (κ1) is 14.0. The molecule has 0 fully saturated rings. The molecule has 3 nitrogen and oxygen atoms in total. The number of halogens is 1. The fourth-order valence-corrected chi connectivity index (χ4v) is 1.68. The van der Waals surface area contributed by atoms with E-state index in [0.29, 0.717) is 16.6 Å². The van der Waals surface area contributed by atoms with Crippen LogP contribution < -0.4 is 4.74 Å². The van der Waals surface area contributed by atoms with Crippen molar-refractivity contribution in [3.05, 3.63) is 29.3 Å². The van der Waals surface area contributed by atoms with Crippen molar-refractivity contribution >= 4 is 21.9 Å². The molecule has 0 aliphatic heterocycles. The molecule has 0 unspecified atom stereocenters. The van der Waals surface area contributed by atoms with E-state index < -0.39 is 5.60 Å². The number of carbonyl (C=O) groups is 1. The minimum Gasteiger partial charge on any atom is -0.496 e. The van der Waals surface area contributed by atoms with Crippen LogP contribution in [0.15, 0.2) is 18.2 Å². The molecule has 94 valence electrons. The Bertz CT molecular complexity index is 408. The molecular formula is C13H17BrO3. The fraction of sp³-hybridized carbons (Fsp3) is 0.462. The van der Waals surface area contributed by atoms with Crippen LogP contribution in [0.1, 0.15) is 36.7 Å². The summed E-state index contributed by atoms with van der Waals surface area (Å²) in [5.41, 5.74) is 0.956. The van der Waals surface area contributed by atoms with Gasteiger partial charge in [0.1, 0.15) is 16.9 Å². The molecule has 0 aliphatic carbocycles. The van der Waals surface area contributed by atoms with Gasteiger partial charge in [-0.2, -0.15) is 0 Å². The Morgan fingerprint density at radius 3 is 2.47 bits per heavy atom. The molecule has 0 aliphatic rings. The highest BCUT2D eigenvalue weighted by Crippen LogP contribution is 2.23. The number of ether oxygens (including phenoxy) is 2. The van der Waals surface area contributed by atoms with Gasteiger partial charge in [-0.3, -0.25) is 0 Å². The topological polar surface area (TPSA) is 35.5 Å². The lowest BCUT2D eigenvalue weighted by atomic mass is 10.1. The third kappa shape index (κ3) is 4.04. The Kier molecular flexibility index (Phi) is 4.57. The first-order valence-electron chi connectivity index (χ1n) is 5.33. The number of esters is 1. The SMILES string of the molecule is COc1ccc(CBr)cc1C(=O)OC(C)(C)C. The lowest BCUT2D eigenvalue weighted by Crippen LogP contribution is -2.24. The van der Waals surface area contributed by atoms with Crippen molar-refractivity contribution in [1.82, 2.24) is 0 Å². The van der Waals surface area contributed by atoms with Gasteiger partial charge < -0.3 is 9.47 Å². The third-order valence-corrected chi connectivity index (χ3v) is 2.68. The molecule has 0 amide bonds. The van der Waals surface area contributed by atoms with Crippen LogP contribution in [0.5, 0.6) is 5.75 Å². The first-order valence-corrected chi connectivity index (χ1v) is 6.46. The Morgan fingerprint density at radius 1 is 1.35 bits per heavy atom. The van der Waals surface area contributed by atoms with E-state index in [-0.39, 0.29) is 5.97 Å². The van der Waals surface area contributed by atoms with Crippen LogP contribution in [-0.2, 0) is 10.1 Å². The summed E-state index contributed by atoms with van der Waals surface area (Å²) in [6, 6.07) is 5.46. The lowest BCUT2D eigenvalue weighted by Gasteiger charge is -2.20. The number of hydrogen-bond donors (Lipinski definition) is 0. The van der Waals surface area contributed by atoms with Gasteiger partial charge in [0, 0.05) is 5.33 Å². The molecule has 1 rings (SSSR count). The predicted molar refractivity (Wildman–Crippen MR) is 70.8 cm³/mol. The molecule has 0 bridgehead atoms. The van der Waals surface area contributed by atoms with Crippen LogP contribution in [0.25, 0.3) is 0 Å². The summed E-state index contributed by atoms with van der Waals surface area (Å²) < 4.78 is 10.5. The lowest BCUT2D eigenvalue weighted by molar-refractivity contribution is 0.00664. The van der Waals surface area contributed by atoms with Crippen LogP contribution in [0.3, 0.4) is 0 Å². The van der Waals surface area contributed by atoms with E-state index in [0.717, 1.165) is 5.56 Å². The zero-order valence-corrected chi connectivity index (χ0v) is 12.1. The highest BCUT2D eigenvalue weighted by Gasteiger charge is 2.21. The van der Waals surface area contributed by atoms with Crippen molar-refractivity contribution in [2.45, 2.75) is 31.7 Å². The number of hydrogen-bond acceptors (Lipinski definition) is 3. The zero-order chi connectivity index (χ0) is 13.1. The van der Waals surface area contributed by atoms with Crippen molar-refractivity contribution in [3.8, 4) is 5.75 Å². The van der Waals surface area contributed by atoms with E-state index in [4.69, 9.17) is 9.47 Å². The second-order valence-electron chi connectivity index (χ2n) is 4.67. The average molecular weight is 301 g/mol. The highest BCUT2D eigenvalue weighted by atomic mass is 79.9. The number of methoxy groups -OCH3 is 1. The molecule has 0 saturated heterocycles. The van der Waals surface area contributed by atoms with E-state index in [1.807, 2.05) is 26.8 Å². The fourth-order valence-electron chi connectivity index (χ4n) is 1.33. The van der Waals surface area contributed by atoms with Gasteiger partial charge in [0.15, 0.2) is 0 Å². The standard InChI is InChI=1S/C13H17BrO3/c1-13(2,3)17-12(15)10-7-9(8-14)5-6-11(10)16-4/h5-7H,8H2,1-4H3. The van der Waals surface area contributed by atoms with E-state index in [1.165, 1.54) is 7.11 Å². The summed E-state index contributed by atoms with van der Waals surface area (Å²) in [4.78, 5) is 12.0. The summed E-state index contributed by atoms with van der Waals surface area (Å²) in [5.74, 6) is 0.168. The van der Waals surface area contributed by atoms with E-state index in [9.17, 15) is 4.79 Å². The van der Waals surface area contributed by atoms with Gasteiger partial charge in [0.05, 0.1) is 7.11 Å². The summed E-state index contributed by atoms with van der Waals surface area (Å²) in [6.07, 6.45) is 0. The molecular weight excluding hydrogens is 284 g/mol. The minimum absolute atomic E-state index is 0.364. The molecule has 0 saturated carbocycles. The second kappa shape index (κ2) is 5.54. The van der Waals surface area contributed by atoms with Gasteiger partial charge in [-0.05, 0) is 38.5 Å². The average Bonchev–Trinajstić information content (AvgIpc) is 2.25. The predicted octanol–water partition coefficient (Wildman–Crippen LogP) is 3.55. The molecule has 1 aromatic rings. The summed E-state index contributed by atoms with van der Waals surface area (Å²) in [6.45, 7) is 5.52. The van der Waals surface area contributed by atoms with Crippen LogP contribution in [0.4, 0.5) is 0 Å². The molecule has 17 heavy (non-hydrogen) atoms. The Balaban J connectivity index is 3.05. The quantitative estimate of drug-likeness (QED) is 0.632. The van der Waals surface area contributed by atoms with Gasteiger partial charge in [0.2, 0.25) is 0 Å². The van der Waals surface area contributed by atoms with Crippen LogP contribution in [0.2, 0.25) is 0 Å². The highest BCUT2D eigenvalue weighted by molar-refractivity contribution is 9.08. The van der Waals surface area contributed by atoms with Crippen molar-refractivity contribution in [2.75, 3.05) is 7.11 Å². The molecule has 0 atom stereocenters. The Hall–Kier alpha value is -1.03. The number of carbonyl (C=O) groups excluding carboxylic acids is 1. The van der Waals surface area contributed by atoms with Crippen molar-refractivity contribution < 1.29 is 14.3 Å². The normalized spacial score (nSPS) is 11.1. The van der Waals surface area contributed by atoms with Crippen molar-refractivity contribution in [3.63, 3.8) is 0 Å². The molecule has 0 N–H and O–H groups in total. The molecule has 0 spiro atoms. The van der Waals surface area contributed by atoms with Crippen LogP contribution in [0, 0.1) is 0 Å². The smallest absolute Gasteiger partial charge is 0.342 e. The number of alkyl halides is 1. The zero-order valence-electron chi connectivity index (χ0n) is 10.5. The molecule has 0 radical (unpaired) electrons. The van der Waals surface area contributed by atoms with Crippen molar-refractivity contribution in [1.29, 1.82) is 0 Å². The maximum Gasteiger partial charge on any atom is 0.342 e. The first-order chi connectivity index (χ1) is 7.87. The number of benzene rings is 1. The van der Waals surface area contributed by atoms with Gasteiger partial charge in [-0.1, -0.05) is 22.0 Å². The maximum absolute atomic E-state index is 12.0. The van der Waals surface area contributed by atoms with E-state index in [2.05, 4.69) is 15.9 Å². The summed E-state index contributed by atoms with van der Waals surface area (Å²) in [7, 11) is 1.54. The van der Waals surface area contributed by atoms with E-state index >= 15 is 0 Å². The van der Waals surface area contributed by atoms with Crippen molar-refractivity contribution in [2.24, 2.45) is 0 Å². The van der Waals surface area contributed by atoms with Gasteiger partial charge >= 0.3 is 5.97 Å². The Morgan fingerprint density at radius 2 is 2.00 bits per heavy atom. The second-order valence-corrected chi connectivity index (χ2v) is 5.23.